The van der Waals surface area contributed by atoms with E-state index in [0.717, 1.165) is 0 Å². The van der Waals surface area contributed by atoms with Gasteiger partial charge < -0.3 is 20.5 Å². The summed E-state index contributed by atoms with van der Waals surface area (Å²) in [6.45, 7) is 5.23. The fraction of sp³-hybridized carbons (Fsp3) is 0.429. The van der Waals surface area contributed by atoms with Gasteiger partial charge >= 0.3 is 12.0 Å². The maximum Gasteiger partial charge on any atom is 0.326 e. The van der Waals surface area contributed by atoms with Gasteiger partial charge in [0.15, 0.2) is 0 Å². The number of carboxylic acids is 1. The summed E-state index contributed by atoms with van der Waals surface area (Å²) in [6.07, 6.45) is 0. The summed E-state index contributed by atoms with van der Waals surface area (Å²) in [5.74, 6) is -0.499. The van der Waals surface area contributed by atoms with Crippen LogP contribution in [0.4, 0.5) is 10.5 Å². The average Bonchev–Trinajstić information content (AvgIpc) is 2.37. The van der Waals surface area contributed by atoms with E-state index in [-0.39, 0.29) is 0 Å². The largest absolute Gasteiger partial charge is 0.497 e. The Morgan fingerprint density at radius 3 is 2.43 bits per heavy atom. The lowest BCUT2D eigenvalue weighted by Crippen LogP contribution is -2.50. The minimum Gasteiger partial charge on any atom is -0.497 e. The van der Waals surface area contributed by atoms with Gasteiger partial charge in [-0.2, -0.15) is 0 Å². The third-order valence-corrected chi connectivity index (χ3v) is 3.50. The molecule has 1 atom stereocenters. The third kappa shape index (κ3) is 4.93. The van der Waals surface area contributed by atoms with Crippen LogP contribution in [-0.2, 0) is 4.79 Å². The van der Waals surface area contributed by atoms with Crippen molar-refractivity contribution in [3.05, 3.63) is 22.7 Å². The molecule has 0 heterocycles. The molecule has 0 aliphatic carbocycles. The molecule has 2 amide bonds. The summed E-state index contributed by atoms with van der Waals surface area (Å²) in [5, 5.41) is 14.2. The lowest BCUT2D eigenvalue weighted by Gasteiger charge is -2.27. The van der Waals surface area contributed by atoms with Crippen LogP contribution in [0.5, 0.6) is 5.75 Å². The van der Waals surface area contributed by atoms with Crippen molar-refractivity contribution in [2.24, 2.45) is 5.41 Å². The summed E-state index contributed by atoms with van der Waals surface area (Å²) >= 11 is 3.31. The predicted molar refractivity (Wildman–Crippen MR) is 83.7 cm³/mol. The Morgan fingerprint density at radius 2 is 1.95 bits per heavy atom. The molecule has 1 unspecified atom stereocenters. The van der Waals surface area contributed by atoms with Gasteiger partial charge in [0.25, 0.3) is 0 Å². The fourth-order valence-electron chi connectivity index (χ4n) is 1.67. The quantitative estimate of drug-likeness (QED) is 0.771. The Balaban J connectivity index is 2.84. The first kappa shape index (κ1) is 17.3. The fourth-order valence-corrected chi connectivity index (χ4v) is 2.01. The van der Waals surface area contributed by atoms with Crippen molar-refractivity contribution in [2.75, 3.05) is 12.4 Å². The standard InChI is InChI=1S/C14H19BrN2O4/c1-14(2,3)11(12(18)19)17-13(20)16-10-7-8(21-4)5-6-9(10)15/h5-7,11H,1-4H3,(H,18,19)(H2,16,17,20). The van der Waals surface area contributed by atoms with Gasteiger partial charge in [-0.15, -0.1) is 0 Å². The molecular weight excluding hydrogens is 340 g/mol. The van der Waals surface area contributed by atoms with Crippen molar-refractivity contribution in [1.29, 1.82) is 0 Å². The molecule has 0 saturated heterocycles. The van der Waals surface area contributed by atoms with Crippen molar-refractivity contribution in [3.63, 3.8) is 0 Å². The monoisotopic (exact) mass is 358 g/mol. The van der Waals surface area contributed by atoms with E-state index < -0.39 is 23.5 Å². The first-order valence-corrected chi connectivity index (χ1v) is 7.08. The van der Waals surface area contributed by atoms with E-state index in [9.17, 15) is 14.7 Å². The first-order valence-electron chi connectivity index (χ1n) is 6.29. The molecule has 0 aliphatic heterocycles. The van der Waals surface area contributed by atoms with E-state index in [4.69, 9.17) is 4.74 Å². The Morgan fingerprint density at radius 1 is 1.33 bits per heavy atom. The van der Waals surface area contributed by atoms with E-state index in [1.165, 1.54) is 7.11 Å². The second-order valence-electron chi connectivity index (χ2n) is 5.58. The molecule has 0 aromatic heterocycles. The van der Waals surface area contributed by atoms with Gasteiger partial charge in [0.1, 0.15) is 11.8 Å². The summed E-state index contributed by atoms with van der Waals surface area (Å²) in [5.41, 5.74) is -0.112. The molecule has 3 N–H and O–H groups in total. The van der Waals surface area contributed by atoms with Crippen LogP contribution in [-0.4, -0.2) is 30.3 Å². The minimum absolute atomic E-state index is 0.491. The van der Waals surface area contributed by atoms with Crippen molar-refractivity contribution in [1.82, 2.24) is 5.32 Å². The lowest BCUT2D eigenvalue weighted by atomic mass is 9.87. The number of aliphatic carboxylic acids is 1. The number of carbonyl (C=O) groups is 2. The number of benzene rings is 1. The van der Waals surface area contributed by atoms with Crippen LogP contribution in [0.2, 0.25) is 0 Å². The Hall–Kier alpha value is -1.76. The highest BCUT2D eigenvalue weighted by atomic mass is 79.9. The SMILES string of the molecule is COc1ccc(Br)c(NC(=O)NC(C(=O)O)C(C)(C)C)c1. The van der Waals surface area contributed by atoms with Crippen LogP contribution in [0.3, 0.4) is 0 Å². The Labute approximate surface area is 132 Å². The van der Waals surface area contributed by atoms with Crippen molar-refractivity contribution in [2.45, 2.75) is 26.8 Å². The van der Waals surface area contributed by atoms with Crippen LogP contribution in [0, 0.1) is 5.41 Å². The van der Waals surface area contributed by atoms with Gasteiger partial charge in [-0.3, -0.25) is 0 Å². The third-order valence-electron chi connectivity index (χ3n) is 2.81. The molecule has 7 heteroatoms. The zero-order valence-corrected chi connectivity index (χ0v) is 13.9. The number of ether oxygens (including phenoxy) is 1. The molecule has 0 bridgehead atoms. The van der Waals surface area contributed by atoms with E-state index >= 15 is 0 Å². The molecule has 6 nitrogen and oxygen atoms in total. The smallest absolute Gasteiger partial charge is 0.326 e. The van der Waals surface area contributed by atoms with Crippen LogP contribution in [0.15, 0.2) is 22.7 Å². The molecule has 0 saturated carbocycles. The number of carbonyl (C=O) groups excluding carboxylic acids is 1. The van der Waals surface area contributed by atoms with E-state index in [1.807, 2.05) is 0 Å². The summed E-state index contributed by atoms with van der Waals surface area (Å²) in [7, 11) is 1.52. The van der Waals surface area contributed by atoms with Crippen LogP contribution in [0.25, 0.3) is 0 Å². The van der Waals surface area contributed by atoms with Crippen molar-refractivity contribution < 1.29 is 19.4 Å². The van der Waals surface area contributed by atoms with Gasteiger partial charge in [-0.25, -0.2) is 9.59 Å². The van der Waals surface area contributed by atoms with Gasteiger partial charge in [-0.05, 0) is 33.5 Å². The molecule has 1 rings (SSSR count). The van der Waals surface area contributed by atoms with Gasteiger partial charge in [0, 0.05) is 10.5 Å². The summed E-state index contributed by atoms with van der Waals surface area (Å²) < 4.78 is 5.75. The molecule has 0 radical (unpaired) electrons. The molecule has 21 heavy (non-hydrogen) atoms. The molecule has 116 valence electrons. The molecule has 1 aromatic carbocycles. The molecule has 0 aliphatic rings. The normalized spacial score (nSPS) is 12.4. The maximum atomic E-state index is 12.0. The number of rotatable bonds is 4. The first-order chi connectivity index (χ1) is 9.65. The van der Waals surface area contributed by atoms with E-state index in [0.29, 0.717) is 15.9 Å². The highest BCUT2D eigenvalue weighted by Crippen LogP contribution is 2.27. The highest BCUT2D eigenvalue weighted by molar-refractivity contribution is 9.10. The number of amides is 2. The van der Waals surface area contributed by atoms with E-state index in [2.05, 4.69) is 26.6 Å². The second kappa shape index (κ2) is 6.80. The number of urea groups is 1. The Kier molecular flexibility index (Phi) is 5.60. The number of hydrogen-bond acceptors (Lipinski definition) is 3. The highest BCUT2D eigenvalue weighted by Gasteiger charge is 2.32. The van der Waals surface area contributed by atoms with Crippen molar-refractivity contribution >= 4 is 33.6 Å². The van der Waals surface area contributed by atoms with Crippen LogP contribution < -0.4 is 15.4 Å². The number of anilines is 1. The Bertz CT molecular complexity index is 540. The molecule has 1 aromatic rings. The zero-order chi connectivity index (χ0) is 16.2. The van der Waals surface area contributed by atoms with E-state index in [1.54, 1.807) is 39.0 Å². The molecule has 0 spiro atoms. The number of halogens is 1. The topological polar surface area (TPSA) is 87.7 Å². The van der Waals surface area contributed by atoms with Gasteiger partial charge in [0.2, 0.25) is 0 Å². The average molecular weight is 359 g/mol. The number of carboxylic acid groups (broad SMARTS) is 1. The van der Waals surface area contributed by atoms with Gasteiger partial charge in [0.05, 0.1) is 12.8 Å². The molecule has 0 fully saturated rings. The predicted octanol–water partition coefficient (Wildman–Crippen LogP) is 3.08. The summed E-state index contributed by atoms with van der Waals surface area (Å²) in [4.78, 5) is 23.2. The number of hydrogen-bond donors (Lipinski definition) is 3. The summed E-state index contributed by atoms with van der Waals surface area (Å²) in [6, 6.07) is 3.51. The number of nitrogens with one attached hydrogen (secondary N) is 2. The maximum absolute atomic E-state index is 12.0. The number of methoxy groups -OCH3 is 1. The molecular formula is C14H19BrN2O4. The van der Waals surface area contributed by atoms with Crippen molar-refractivity contribution in [3.8, 4) is 5.75 Å². The minimum atomic E-state index is -1.08. The van der Waals surface area contributed by atoms with Crippen LogP contribution in [0.1, 0.15) is 20.8 Å². The van der Waals surface area contributed by atoms with Gasteiger partial charge in [-0.1, -0.05) is 20.8 Å². The second-order valence-corrected chi connectivity index (χ2v) is 6.44. The van der Waals surface area contributed by atoms with Crippen LogP contribution >= 0.6 is 15.9 Å². The lowest BCUT2D eigenvalue weighted by molar-refractivity contribution is -0.141. The zero-order valence-electron chi connectivity index (χ0n) is 12.4.